The predicted octanol–water partition coefficient (Wildman–Crippen LogP) is 3.62. The molecule has 1 saturated carbocycles. The third-order valence-electron chi connectivity index (χ3n) is 4.45. The Morgan fingerprint density at radius 1 is 1.29 bits per heavy atom. The molecule has 1 aromatic rings. The summed E-state index contributed by atoms with van der Waals surface area (Å²) in [6, 6.07) is 7.66. The molecule has 1 aliphatic rings. The van der Waals surface area contributed by atoms with Crippen LogP contribution in [0.15, 0.2) is 18.2 Å². The third kappa shape index (κ3) is 2.90. The van der Waals surface area contributed by atoms with Crippen molar-refractivity contribution in [3.05, 3.63) is 34.9 Å². The van der Waals surface area contributed by atoms with E-state index in [2.05, 4.69) is 51.3 Å². The first-order valence-corrected chi connectivity index (χ1v) is 6.76. The summed E-state index contributed by atoms with van der Waals surface area (Å²) in [6.07, 6.45) is 5.23. The maximum atomic E-state index is 3.43. The first-order valence-electron chi connectivity index (χ1n) is 6.76. The van der Waals surface area contributed by atoms with E-state index in [1.165, 1.54) is 42.4 Å². The summed E-state index contributed by atoms with van der Waals surface area (Å²) in [7, 11) is 2.09. The van der Waals surface area contributed by atoms with Crippen molar-refractivity contribution in [3.8, 4) is 0 Å². The van der Waals surface area contributed by atoms with Gasteiger partial charge in [0.2, 0.25) is 0 Å². The van der Waals surface area contributed by atoms with Gasteiger partial charge in [-0.3, -0.25) is 0 Å². The molecule has 94 valence electrons. The van der Waals surface area contributed by atoms with E-state index in [0.29, 0.717) is 5.41 Å². The van der Waals surface area contributed by atoms with Gasteiger partial charge in [0.05, 0.1) is 0 Å². The number of hydrogen-bond acceptors (Lipinski definition) is 1. The second-order valence-electron chi connectivity index (χ2n) is 6.13. The van der Waals surface area contributed by atoms with E-state index < -0.39 is 0 Å². The van der Waals surface area contributed by atoms with Gasteiger partial charge < -0.3 is 5.32 Å². The molecule has 2 atom stereocenters. The minimum atomic E-state index is 0.495. The van der Waals surface area contributed by atoms with Crippen LogP contribution in [0, 0.1) is 19.3 Å². The summed E-state index contributed by atoms with van der Waals surface area (Å²) >= 11 is 0. The summed E-state index contributed by atoms with van der Waals surface area (Å²) in [5, 5.41) is 3.43. The molecule has 1 aliphatic carbocycles. The van der Waals surface area contributed by atoms with Crippen LogP contribution in [0.25, 0.3) is 0 Å². The monoisotopic (exact) mass is 231 g/mol. The number of aryl methyl sites for hydroxylation is 2. The van der Waals surface area contributed by atoms with Gasteiger partial charge in [-0.1, -0.05) is 25.1 Å². The van der Waals surface area contributed by atoms with E-state index in [1.54, 1.807) is 0 Å². The van der Waals surface area contributed by atoms with Gasteiger partial charge in [0.15, 0.2) is 0 Å². The second kappa shape index (κ2) is 4.81. The van der Waals surface area contributed by atoms with Gasteiger partial charge in [0, 0.05) is 6.04 Å². The zero-order chi connectivity index (χ0) is 12.5. The molecule has 2 rings (SSSR count). The van der Waals surface area contributed by atoms with Gasteiger partial charge in [0.25, 0.3) is 0 Å². The van der Waals surface area contributed by atoms with Crippen molar-refractivity contribution >= 4 is 0 Å². The van der Waals surface area contributed by atoms with E-state index in [1.807, 2.05) is 0 Å². The fourth-order valence-electron chi connectivity index (χ4n) is 3.13. The van der Waals surface area contributed by atoms with Crippen LogP contribution in [0.1, 0.15) is 42.9 Å². The molecule has 1 fully saturated rings. The minimum absolute atomic E-state index is 0.495. The summed E-state index contributed by atoms with van der Waals surface area (Å²) in [5.74, 6) is 0. The Hall–Kier alpha value is -0.820. The van der Waals surface area contributed by atoms with Gasteiger partial charge in [-0.2, -0.15) is 0 Å². The minimum Gasteiger partial charge on any atom is -0.317 e. The molecule has 2 unspecified atom stereocenters. The van der Waals surface area contributed by atoms with Crippen molar-refractivity contribution in [2.75, 3.05) is 7.05 Å². The zero-order valence-corrected chi connectivity index (χ0v) is 11.6. The summed E-state index contributed by atoms with van der Waals surface area (Å²) in [4.78, 5) is 0. The number of nitrogens with one attached hydrogen (secondary N) is 1. The smallest absolute Gasteiger partial charge is 0.00695 e. The van der Waals surface area contributed by atoms with Crippen LogP contribution in [-0.2, 0) is 6.42 Å². The van der Waals surface area contributed by atoms with E-state index in [9.17, 15) is 0 Å². The molecule has 0 heterocycles. The van der Waals surface area contributed by atoms with Gasteiger partial charge in [-0.25, -0.2) is 0 Å². The Kier molecular flexibility index (Phi) is 3.58. The Morgan fingerprint density at radius 3 is 2.65 bits per heavy atom. The lowest BCUT2D eigenvalue weighted by Gasteiger charge is -2.24. The van der Waals surface area contributed by atoms with Gasteiger partial charge in [-0.15, -0.1) is 0 Å². The van der Waals surface area contributed by atoms with Gasteiger partial charge in [0.1, 0.15) is 0 Å². The van der Waals surface area contributed by atoms with Crippen LogP contribution >= 0.6 is 0 Å². The van der Waals surface area contributed by atoms with E-state index in [0.717, 1.165) is 6.04 Å². The Morgan fingerprint density at radius 2 is 2.06 bits per heavy atom. The molecule has 1 aromatic carbocycles. The Labute approximate surface area is 106 Å². The quantitative estimate of drug-likeness (QED) is 0.837. The van der Waals surface area contributed by atoms with Crippen LogP contribution in [0.5, 0.6) is 0 Å². The average molecular weight is 231 g/mol. The molecule has 0 aromatic heterocycles. The number of benzene rings is 1. The molecular weight excluding hydrogens is 206 g/mol. The van der Waals surface area contributed by atoms with Gasteiger partial charge >= 0.3 is 0 Å². The summed E-state index contributed by atoms with van der Waals surface area (Å²) < 4.78 is 0. The maximum Gasteiger partial charge on any atom is 0.00695 e. The van der Waals surface area contributed by atoms with Crippen molar-refractivity contribution in [2.24, 2.45) is 5.41 Å². The van der Waals surface area contributed by atoms with Crippen LogP contribution in [0.3, 0.4) is 0 Å². The molecule has 1 heteroatoms. The maximum absolute atomic E-state index is 3.43. The molecule has 0 amide bonds. The molecule has 1 nitrogen and oxygen atoms in total. The van der Waals surface area contributed by atoms with E-state index >= 15 is 0 Å². The molecule has 0 spiro atoms. The van der Waals surface area contributed by atoms with E-state index in [4.69, 9.17) is 0 Å². The van der Waals surface area contributed by atoms with Crippen LogP contribution in [0.4, 0.5) is 0 Å². The molecule has 0 radical (unpaired) electrons. The fraction of sp³-hybridized carbons (Fsp3) is 0.625. The zero-order valence-electron chi connectivity index (χ0n) is 11.6. The Bertz CT molecular complexity index is 397. The van der Waals surface area contributed by atoms with Crippen molar-refractivity contribution in [3.63, 3.8) is 0 Å². The number of rotatable bonds is 3. The SMILES string of the molecule is CNC1CCC(C)(Cc2ccc(C)c(C)c2)C1. The topological polar surface area (TPSA) is 12.0 Å². The van der Waals surface area contributed by atoms with Crippen LogP contribution in [-0.4, -0.2) is 13.1 Å². The van der Waals surface area contributed by atoms with Crippen LogP contribution in [0.2, 0.25) is 0 Å². The lowest BCUT2D eigenvalue weighted by molar-refractivity contribution is 0.324. The highest BCUT2D eigenvalue weighted by atomic mass is 14.9. The number of hydrogen-bond donors (Lipinski definition) is 1. The molecule has 0 bridgehead atoms. The second-order valence-corrected chi connectivity index (χ2v) is 6.13. The highest BCUT2D eigenvalue weighted by molar-refractivity contribution is 5.30. The third-order valence-corrected chi connectivity index (χ3v) is 4.45. The van der Waals surface area contributed by atoms with Gasteiger partial charge in [-0.05, 0) is 68.7 Å². The lowest BCUT2D eigenvalue weighted by Crippen LogP contribution is -2.24. The molecule has 17 heavy (non-hydrogen) atoms. The molecule has 1 N–H and O–H groups in total. The average Bonchev–Trinajstić information content (AvgIpc) is 2.66. The highest BCUT2D eigenvalue weighted by Gasteiger charge is 2.34. The fourth-order valence-corrected chi connectivity index (χ4v) is 3.13. The first-order chi connectivity index (χ1) is 8.02. The first kappa shape index (κ1) is 12.6. The molecule has 0 aliphatic heterocycles. The van der Waals surface area contributed by atoms with E-state index in [-0.39, 0.29) is 0 Å². The largest absolute Gasteiger partial charge is 0.317 e. The van der Waals surface area contributed by atoms with Crippen molar-refractivity contribution in [2.45, 2.75) is 52.5 Å². The standard InChI is InChI=1S/C16H25N/c1-12-5-6-14(9-13(12)2)10-16(3)8-7-15(11-16)17-4/h5-6,9,15,17H,7-8,10-11H2,1-4H3. The van der Waals surface area contributed by atoms with Crippen molar-refractivity contribution in [1.29, 1.82) is 0 Å². The molecule has 0 saturated heterocycles. The van der Waals surface area contributed by atoms with Crippen molar-refractivity contribution in [1.82, 2.24) is 5.32 Å². The highest BCUT2D eigenvalue weighted by Crippen LogP contribution is 2.40. The van der Waals surface area contributed by atoms with Crippen molar-refractivity contribution < 1.29 is 0 Å². The summed E-state index contributed by atoms with van der Waals surface area (Å²) in [6.45, 7) is 6.85. The Balaban J connectivity index is 2.08. The summed E-state index contributed by atoms with van der Waals surface area (Å²) in [5.41, 5.74) is 4.83. The lowest BCUT2D eigenvalue weighted by atomic mass is 9.81. The van der Waals surface area contributed by atoms with Crippen LogP contribution < -0.4 is 5.32 Å². The predicted molar refractivity (Wildman–Crippen MR) is 74.4 cm³/mol. The molecular formula is C16H25N. The normalized spacial score (nSPS) is 28.6.